The number of esters is 1. The largest absolute Gasteiger partial charge is 0.449 e. The van der Waals surface area contributed by atoms with E-state index >= 15 is 0 Å². The monoisotopic (exact) mass is 394 g/mol. The van der Waals surface area contributed by atoms with Crippen LogP contribution in [0.2, 0.25) is 0 Å². The predicted octanol–water partition coefficient (Wildman–Crippen LogP) is 2.96. The first-order valence-electron chi connectivity index (χ1n) is 5.96. The van der Waals surface area contributed by atoms with Crippen LogP contribution in [0, 0.1) is 0 Å². The molecular formula is C11H8F10O4. The van der Waals surface area contributed by atoms with Crippen LogP contribution in [0.1, 0.15) is 6.92 Å². The number of ether oxygens (including phenoxy) is 2. The Morgan fingerprint density at radius 2 is 1.56 bits per heavy atom. The van der Waals surface area contributed by atoms with Crippen LogP contribution >= 0.6 is 0 Å². The maximum atomic E-state index is 13.8. The second-order valence-corrected chi connectivity index (χ2v) is 5.04. The SMILES string of the molecule is C=C(C)C(=O)OC1C(F)(F)C(C(F)(F)F)OC(O)(C(F)(F)F)C1(F)F. The second kappa shape index (κ2) is 5.72. The zero-order chi connectivity index (χ0) is 20.2. The lowest BCUT2D eigenvalue weighted by molar-refractivity contribution is -0.513. The first-order chi connectivity index (χ1) is 10.8. The summed E-state index contributed by atoms with van der Waals surface area (Å²) in [5.41, 5.74) is -0.878. The van der Waals surface area contributed by atoms with E-state index in [2.05, 4.69) is 16.1 Å². The lowest BCUT2D eigenvalue weighted by Crippen LogP contribution is -2.78. The molecule has 1 heterocycles. The highest BCUT2D eigenvalue weighted by Crippen LogP contribution is 2.57. The van der Waals surface area contributed by atoms with Crippen molar-refractivity contribution >= 4 is 5.97 Å². The molecule has 25 heavy (non-hydrogen) atoms. The number of hydrogen-bond donors (Lipinski definition) is 1. The Labute approximate surface area is 132 Å². The Bertz CT molecular complexity index is 566. The van der Waals surface area contributed by atoms with E-state index in [1.165, 1.54) is 0 Å². The van der Waals surface area contributed by atoms with Gasteiger partial charge in [-0.05, 0) is 6.92 Å². The van der Waals surface area contributed by atoms with Gasteiger partial charge in [0.15, 0.2) is 0 Å². The molecule has 0 aromatic carbocycles. The maximum absolute atomic E-state index is 13.8. The average Bonchev–Trinajstić information content (AvgIpc) is 2.36. The third-order valence-corrected chi connectivity index (χ3v) is 3.02. The Hall–Kier alpha value is -1.57. The van der Waals surface area contributed by atoms with E-state index in [-0.39, 0.29) is 0 Å². The standard InChI is InChI=1S/C11H8F10O4/c1-3(2)4(22)24-5-7(12,13)6(9(16,17)18)25-10(23,8(5,14)15)11(19,20)21/h5-6,23H,1H2,2H3. The number of carbonyl (C=O) groups is 1. The molecule has 0 spiro atoms. The molecule has 1 aliphatic rings. The fraction of sp³-hybridized carbons (Fsp3) is 0.727. The smallest absolute Gasteiger partial charge is 0.446 e. The Morgan fingerprint density at radius 3 is 1.88 bits per heavy atom. The van der Waals surface area contributed by atoms with Gasteiger partial charge in [0, 0.05) is 5.57 Å². The van der Waals surface area contributed by atoms with Gasteiger partial charge in [0.1, 0.15) is 0 Å². The first kappa shape index (κ1) is 21.5. The molecule has 3 unspecified atom stereocenters. The molecule has 0 bridgehead atoms. The van der Waals surface area contributed by atoms with Crippen molar-refractivity contribution < 1.29 is 63.3 Å². The van der Waals surface area contributed by atoms with Gasteiger partial charge >= 0.3 is 36.0 Å². The molecule has 14 heteroatoms. The minimum atomic E-state index is -6.65. The van der Waals surface area contributed by atoms with E-state index in [0.29, 0.717) is 6.92 Å². The van der Waals surface area contributed by atoms with Crippen LogP contribution in [-0.2, 0) is 14.3 Å². The van der Waals surface area contributed by atoms with Gasteiger partial charge in [-0.1, -0.05) is 6.58 Å². The van der Waals surface area contributed by atoms with Crippen LogP contribution in [0.15, 0.2) is 12.2 Å². The van der Waals surface area contributed by atoms with Gasteiger partial charge in [0.2, 0.25) is 12.2 Å². The molecule has 0 aliphatic carbocycles. The van der Waals surface area contributed by atoms with Gasteiger partial charge in [-0.15, -0.1) is 0 Å². The van der Waals surface area contributed by atoms with Gasteiger partial charge < -0.3 is 14.6 Å². The van der Waals surface area contributed by atoms with Crippen molar-refractivity contribution in [2.24, 2.45) is 0 Å². The summed E-state index contributed by atoms with van der Waals surface area (Å²) in [6.45, 7) is 3.47. The van der Waals surface area contributed by atoms with Crippen molar-refractivity contribution in [3.05, 3.63) is 12.2 Å². The molecule has 4 nitrogen and oxygen atoms in total. The molecule has 3 atom stereocenters. The van der Waals surface area contributed by atoms with Crippen LogP contribution in [0.5, 0.6) is 0 Å². The fourth-order valence-electron chi connectivity index (χ4n) is 1.79. The van der Waals surface area contributed by atoms with E-state index in [1.54, 1.807) is 0 Å². The maximum Gasteiger partial charge on any atom is 0.449 e. The van der Waals surface area contributed by atoms with Gasteiger partial charge in [-0.25, -0.2) is 4.79 Å². The van der Waals surface area contributed by atoms with E-state index in [4.69, 9.17) is 5.11 Å². The van der Waals surface area contributed by atoms with Gasteiger partial charge in [-0.3, -0.25) is 0 Å². The summed E-state index contributed by atoms with van der Waals surface area (Å²) in [6, 6.07) is 0. The van der Waals surface area contributed by atoms with Crippen molar-refractivity contribution in [3.8, 4) is 0 Å². The minimum Gasteiger partial charge on any atom is -0.446 e. The number of alkyl halides is 10. The average molecular weight is 394 g/mol. The Kier molecular flexibility index (Phi) is 4.91. The number of halogens is 10. The predicted molar refractivity (Wildman–Crippen MR) is 56.5 cm³/mol. The molecule has 1 rings (SSSR count). The van der Waals surface area contributed by atoms with E-state index in [0.717, 1.165) is 0 Å². The summed E-state index contributed by atoms with van der Waals surface area (Å²) in [4.78, 5) is 11.1. The quantitative estimate of drug-likeness (QED) is 0.445. The summed E-state index contributed by atoms with van der Waals surface area (Å²) < 4.78 is 137. The summed E-state index contributed by atoms with van der Waals surface area (Å²) in [5.74, 6) is -20.2. The van der Waals surface area contributed by atoms with Crippen LogP contribution < -0.4 is 0 Å². The summed E-state index contributed by atoms with van der Waals surface area (Å²) in [6.07, 6.45) is -22.5. The van der Waals surface area contributed by atoms with Crippen LogP contribution in [-0.4, -0.2) is 53.3 Å². The molecule has 0 saturated carbocycles. The third kappa shape index (κ3) is 3.28. The lowest BCUT2D eigenvalue weighted by Gasteiger charge is -2.49. The minimum absolute atomic E-state index is 0.704. The Morgan fingerprint density at radius 1 is 1.12 bits per heavy atom. The molecule has 1 aliphatic heterocycles. The van der Waals surface area contributed by atoms with Crippen molar-refractivity contribution in [2.45, 2.75) is 49.1 Å². The van der Waals surface area contributed by atoms with Crippen LogP contribution in [0.25, 0.3) is 0 Å². The van der Waals surface area contributed by atoms with E-state index in [9.17, 15) is 48.7 Å². The molecular weight excluding hydrogens is 386 g/mol. The summed E-state index contributed by atoms with van der Waals surface area (Å²) in [5, 5.41) is 8.98. The van der Waals surface area contributed by atoms with Gasteiger partial charge in [-0.2, -0.15) is 43.9 Å². The number of rotatable bonds is 2. The molecule has 1 N–H and O–H groups in total. The van der Waals surface area contributed by atoms with Crippen molar-refractivity contribution in [1.82, 2.24) is 0 Å². The lowest BCUT2D eigenvalue weighted by atomic mass is 9.89. The highest BCUT2D eigenvalue weighted by molar-refractivity contribution is 5.87. The molecule has 1 saturated heterocycles. The molecule has 0 aromatic heterocycles. The highest BCUT2D eigenvalue weighted by Gasteiger charge is 2.86. The van der Waals surface area contributed by atoms with E-state index < -0.39 is 53.7 Å². The van der Waals surface area contributed by atoms with Crippen molar-refractivity contribution in [3.63, 3.8) is 0 Å². The molecule has 0 radical (unpaired) electrons. The zero-order valence-corrected chi connectivity index (χ0v) is 11.8. The molecule has 0 amide bonds. The first-order valence-corrected chi connectivity index (χ1v) is 5.96. The van der Waals surface area contributed by atoms with Crippen molar-refractivity contribution in [2.75, 3.05) is 0 Å². The summed E-state index contributed by atoms with van der Waals surface area (Å²) in [7, 11) is 0. The fourth-order valence-corrected chi connectivity index (χ4v) is 1.79. The van der Waals surface area contributed by atoms with Crippen molar-refractivity contribution in [1.29, 1.82) is 0 Å². The summed E-state index contributed by atoms with van der Waals surface area (Å²) >= 11 is 0. The highest BCUT2D eigenvalue weighted by atomic mass is 19.4. The third-order valence-electron chi connectivity index (χ3n) is 3.02. The molecule has 1 fully saturated rings. The van der Waals surface area contributed by atoms with E-state index in [1.807, 2.05) is 0 Å². The van der Waals surface area contributed by atoms with Gasteiger partial charge in [0.25, 0.3) is 0 Å². The Balaban J connectivity index is 3.62. The van der Waals surface area contributed by atoms with Crippen LogP contribution in [0.4, 0.5) is 43.9 Å². The number of carbonyl (C=O) groups excluding carboxylic acids is 1. The zero-order valence-electron chi connectivity index (χ0n) is 11.8. The molecule has 146 valence electrons. The van der Waals surface area contributed by atoms with Crippen LogP contribution in [0.3, 0.4) is 0 Å². The topological polar surface area (TPSA) is 55.8 Å². The normalized spacial score (nSPS) is 32.2. The molecule has 0 aromatic rings. The number of hydrogen-bond acceptors (Lipinski definition) is 4. The van der Waals surface area contributed by atoms with Gasteiger partial charge in [0.05, 0.1) is 0 Å². The second-order valence-electron chi connectivity index (χ2n) is 5.04. The number of aliphatic hydroxyl groups is 1.